The number of H-pyrrole nitrogens is 1. The Morgan fingerprint density at radius 3 is 3.19 bits per heavy atom. The Balaban J connectivity index is 2.08. The number of amides is 1. The van der Waals surface area contributed by atoms with Crippen molar-refractivity contribution in [3.05, 3.63) is 22.4 Å². The van der Waals surface area contributed by atoms with Gasteiger partial charge in [-0.1, -0.05) is 0 Å². The quantitative estimate of drug-likeness (QED) is 0.859. The maximum absolute atomic E-state index is 12.1. The van der Waals surface area contributed by atoms with Crippen LogP contribution in [0.2, 0.25) is 0 Å². The highest BCUT2D eigenvalue weighted by Crippen LogP contribution is 2.14. The molecule has 0 bridgehead atoms. The van der Waals surface area contributed by atoms with Gasteiger partial charge in [0.1, 0.15) is 5.69 Å². The molecule has 2 rings (SSSR count). The molecule has 4 nitrogen and oxygen atoms in total. The minimum Gasteiger partial charge on any atom is -0.377 e. The summed E-state index contributed by atoms with van der Waals surface area (Å²) in [5.74, 6) is 0.0445. The molecule has 1 N–H and O–H groups in total. The fraction of sp³-hybridized carbons (Fsp3) is 0.545. The maximum Gasteiger partial charge on any atom is 0.270 e. The monoisotopic (exact) mass is 286 g/mol. The van der Waals surface area contributed by atoms with Crippen molar-refractivity contribution in [3.63, 3.8) is 0 Å². The predicted molar refractivity (Wildman–Crippen MR) is 64.4 cm³/mol. The van der Waals surface area contributed by atoms with Gasteiger partial charge in [-0.15, -0.1) is 0 Å². The molecule has 0 spiro atoms. The summed E-state index contributed by atoms with van der Waals surface area (Å²) in [4.78, 5) is 16.9. The molecule has 5 heteroatoms. The van der Waals surface area contributed by atoms with Gasteiger partial charge in [0.25, 0.3) is 5.91 Å². The summed E-state index contributed by atoms with van der Waals surface area (Å²) in [5, 5.41) is 0. The molecule has 1 aliphatic rings. The zero-order valence-corrected chi connectivity index (χ0v) is 10.8. The number of aromatic nitrogens is 1. The maximum atomic E-state index is 12.1. The largest absolute Gasteiger partial charge is 0.377 e. The number of rotatable bonds is 1. The highest BCUT2D eigenvalue weighted by Gasteiger charge is 2.21. The van der Waals surface area contributed by atoms with E-state index in [1.54, 1.807) is 12.3 Å². The van der Waals surface area contributed by atoms with E-state index in [2.05, 4.69) is 20.9 Å². The molecule has 1 aromatic heterocycles. The van der Waals surface area contributed by atoms with E-state index in [0.717, 1.165) is 24.0 Å². The van der Waals surface area contributed by atoms with Crippen molar-refractivity contribution in [3.8, 4) is 0 Å². The first-order chi connectivity index (χ1) is 7.66. The molecule has 1 fully saturated rings. The number of ether oxygens (including phenoxy) is 1. The summed E-state index contributed by atoms with van der Waals surface area (Å²) >= 11 is 3.33. The van der Waals surface area contributed by atoms with Gasteiger partial charge in [0, 0.05) is 30.4 Å². The second-order valence-electron chi connectivity index (χ2n) is 4.02. The van der Waals surface area contributed by atoms with Crippen molar-refractivity contribution in [2.75, 3.05) is 19.7 Å². The zero-order chi connectivity index (χ0) is 11.5. The van der Waals surface area contributed by atoms with E-state index in [9.17, 15) is 4.79 Å². The van der Waals surface area contributed by atoms with Gasteiger partial charge < -0.3 is 14.6 Å². The fourth-order valence-corrected chi connectivity index (χ4v) is 2.18. The Morgan fingerprint density at radius 2 is 2.50 bits per heavy atom. The van der Waals surface area contributed by atoms with E-state index in [4.69, 9.17) is 4.74 Å². The second-order valence-corrected chi connectivity index (χ2v) is 4.93. The zero-order valence-electron chi connectivity index (χ0n) is 9.20. The van der Waals surface area contributed by atoms with Crippen LogP contribution in [-0.2, 0) is 4.74 Å². The topological polar surface area (TPSA) is 45.3 Å². The van der Waals surface area contributed by atoms with Crippen molar-refractivity contribution in [2.24, 2.45) is 0 Å². The standard InChI is InChI=1S/C11H15BrN2O2/c1-8-7-14(3-2-4-16-8)11(15)10-5-9(12)6-13-10/h5-6,8,13H,2-4,7H2,1H3. The van der Waals surface area contributed by atoms with E-state index in [1.807, 2.05) is 11.8 Å². The summed E-state index contributed by atoms with van der Waals surface area (Å²) < 4.78 is 6.41. The average molecular weight is 287 g/mol. The van der Waals surface area contributed by atoms with Gasteiger partial charge in [-0.3, -0.25) is 4.79 Å². The molecule has 1 amide bonds. The van der Waals surface area contributed by atoms with Crippen LogP contribution in [0.4, 0.5) is 0 Å². The molecule has 1 unspecified atom stereocenters. The van der Waals surface area contributed by atoms with E-state index >= 15 is 0 Å². The Hall–Kier alpha value is -0.810. The highest BCUT2D eigenvalue weighted by atomic mass is 79.9. The van der Waals surface area contributed by atoms with Gasteiger partial charge in [0.05, 0.1) is 6.10 Å². The fourth-order valence-electron chi connectivity index (χ4n) is 1.84. The predicted octanol–water partition coefficient (Wildman–Crippen LogP) is 2.03. The summed E-state index contributed by atoms with van der Waals surface area (Å²) in [5.41, 5.74) is 0.626. The molecule has 0 radical (unpaired) electrons. The third kappa shape index (κ3) is 2.65. The van der Waals surface area contributed by atoms with Crippen LogP contribution in [0, 0.1) is 0 Å². The number of carbonyl (C=O) groups is 1. The Labute approximate surface area is 103 Å². The third-order valence-corrected chi connectivity index (χ3v) is 3.08. The molecule has 0 aromatic carbocycles. The van der Waals surface area contributed by atoms with Gasteiger partial charge in [0.2, 0.25) is 0 Å². The first-order valence-corrected chi connectivity index (χ1v) is 6.21. The summed E-state index contributed by atoms with van der Waals surface area (Å²) in [6.45, 7) is 4.16. The van der Waals surface area contributed by atoms with Crippen LogP contribution in [0.15, 0.2) is 16.7 Å². The lowest BCUT2D eigenvalue weighted by molar-refractivity contribution is 0.0560. The molecular weight excluding hydrogens is 272 g/mol. The van der Waals surface area contributed by atoms with E-state index < -0.39 is 0 Å². The molecular formula is C11H15BrN2O2. The minimum atomic E-state index is 0.0445. The first kappa shape index (κ1) is 11.7. The highest BCUT2D eigenvalue weighted by molar-refractivity contribution is 9.10. The molecule has 1 atom stereocenters. The summed E-state index contributed by atoms with van der Waals surface area (Å²) in [6, 6.07) is 1.80. The average Bonchev–Trinajstić information content (AvgIpc) is 2.56. The first-order valence-electron chi connectivity index (χ1n) is 5.41. The summed E-state index contributed by atoms with van der Waals surface area (Å²) in [7, 11) is 0. The van der Waals surface area contributed by atoms with Gasteiger partial charge in [-0.2, -0.15) is 0 Å². The molecule has 1 aromatic rings. The van der Waals surface area contributed by atoms with Crippen LogP contribution >= 0.6 is 15.9 Å². The Morgan fingerprint density at radius 1 is 1.69 bits per heavy atom. The van der Waals surface area contributed by atoms with E-state index in [-0.39, 0.29) is 12.0 Å². The van der Waals surface area contributed by atoms with Crippen LogP contribution in [0.1, 0.15) is 23.8 Å². The van der Waals surface area contributed by atoms with E-state index in [1.165, 1.54) is 0 Å². The molecule has 0 saturated carbocycles. The van der Waals surface area contributed by atoms with Crippen molar-refractivity contribution in [1.29, 1.82) is 0 Å². The number of hydrogen-bond donors (Lipinski definition) is 1. The van der Waals surface area contributed by atoms with Crippen molar-refractivity contribution in [1.82, 2.24) is 9.88 Å². The lowest BCUT2D eigenvalue weighted by Gasteiger charge is -2.21. The Bertz CT molecular complexity index is 378. The Kier molecular flexibility index (Phi) is 3.66. The normalized spacial score (nSPS) is 21.9. The number of halogens is 1. The smallest absolute Gasteiger partial charge is 0.270 e. The number of carbonyl (C=O) groups excluding carboxylic acids is 1. The lowest BCUT2D eigenvalue weighted by Crippen LogP contribution is -2.36. The third-order valence-electron chi connectivity index (χ3n) is 2.62. The molecule has 0 aliphatic carbocycles. The van der Waals surface area contributed by atoms with Gasteiger partial charge >= 0.3 is 0 Å². The summed E-state index contributed by atoms with van der Waals surface area (Å²) in [6.07, 6.45) is 2.79. The van der Waals surface area contributed by atoms with Crippen LogP contribution in [0.5, 0.6) is 0 Å². The molecule has 1 saturated heterocycles. The molecule has 2 heterocycles. The van der Waals surface area contributed by atoms with Crippen molar-refractivity contribution in [2.45, 2.75) is 19.4 Å². The van der Waals surface area contributed by atoms with Crippen LogP contribution < -0.4 is 0 Å². The van der Waals surface area contributed by atoms with Crippen LogP contribution in [-0.4, -0.2) is 41.6 Å². The molecule has 88 valence electrons. The number of nitrogens with zero attached hydrogens (tertiary/aromatic N) is 1. The number of nitrogens with one attached hydrogen (secondary N) is 1. The van der Waals surface area contributed by atoms with Gasteiger partial charge in [-0.25, -0.2) is 0 Å². The van der Waals surface area contributed by atoms with Crippen LogP contribution in [0.25, 0.3) is 0 Å². The second kappa shape index (κ2) is 5.01. The number of aromatic amines is 1. The van der Waals surface area contributed by atoms with Crippen LogP contribution in [0.3, 0.4) is 0 Å². The minimum absolute atomic E-state index is 0.0445. The SMILES string of the molecule is CC1CN(C(=O)c2cc(Br)c[nH]2)CCCO1. The molecule has 16 heavy (non-hydrogen) atoms. The van der Waals surface area contributed by atoms with E-state index in [0.29, 0.717) is 12.2 Å². The van der Waals surface area contributed by atoms with Gasteiger partial charge in [0.15, 0.2) is 0 Å². The van der Waals surface area contributed by atoms with Crippen molar-refractivity contribution >= 4 is 21.8 Å². The van der Waals surface area contributed by atoms with Gasteiger partial charge in [-0.05, 0) is 35.3 Å². The molecule has 1 aliphatic heterocycles. The van der Waals surface area contributed by atoms with Crippen molar-refractivity contribution < 1.29 is 9.53 Å². The number of hydrogen-bond acceptors (Lipinski definition) is 2. The lowest BCUT2D eigenvalue weighted by atomic mass is 10.3.